The van der Waals surface area contributed by atoms with Crippen molar-refractivity contribution in [1.29, 1.82) is 0 Å². The van der Waals surface area contributed by atoms with Crippen molar-refractivity contribution in [2.45, 2.75) is 0 Å². The molecule has 1 radical (unpaired) electrons. The number of hydrogen-bond donors (Lipinski definition) is 6. The van der Waals surface area contributed by atoms with Crippen molar-refractivity contribution in [2.24, 2.45) is 0 Å². The van der Waals surface area contributed by atoms with Crippen molar-refractivity contribution in [1.82, 2.24) is 36.9 Å². The third kappa shape index (κ3) is 4350000. The van der Waals surface area contributed by atoms with Gasteiger partial charge in [-0.3, -0.25) is 0 Å². The zero-order valence-corrected chi connectivity index (χ0v) is 12.1. The van der Waals surface area contributed by atoms with Crippen molar-refractivity contribution in [2.75, 3.05) is 0 Å². The first kappa shape index (κ1) is 6620000. The van der Waals surface area contributed by atoms with Crippen molar-refractivity contribution in [3.05, 3.63) is 0 Å². The van der Waals surface area contributed by atoms with E-state index >= 15 is 0 Å². The Morgan fingerprint density at radius 1 is 0.188 bits per heavy atom. The summed E-state index contributed by atoms with van der Waals surface area (Å²) >= 11 is 0. The molecule has 0 aliphatic carbocycles. The van der Waals surface area contributed by atoms with Crippen molar-refractivity contribution < 1.29 is 68.8 Å². The van der Waals surface area contributed by atoms with Crippen molar-refractivity contribution in [3.8, 4) is 0 Å². The Labute approximate surface area is 106 Å². The van der Waals surface area contributed by atoms with Crippen LogP contribution in [0.15, 0.2) is 0 Å². The summed E-state index contributed by atoms with van der Waals surface area (Å²) in [7, 11) is 0. The van der Waals surface area contributed by atoms with Gasteiger partial charge in [0.05, 0.1) is 0 Å². The molecule has 0 fully saturated rings. The van der Waals surface area contributed by atoms with Gasteiger partial charge in [0.15, 0.2) is 0 Å². The fourth-order valence-corrected chi connectivity index (χ4v) is 0. The molecule has 0 aromatic carbocycles. The summed E-state index contributed by atoms with van der Waals surface area (Å²) < 4.78 is 0. The maximum Gasteiger partial charge on any atom is 3.00 e. The first-order chi connectivity index (χ1) is 0. The van der Waals surface area contributed by atoms with Gasteiger partial charge in [-0.1, -0.05) is 0 Å². The van der Waals surface area contributed by atoms with Crippen LogP contribution < -0.4 is 36.9 Å². The summed E-state index contributed by atoms with van der Waals surface area (Å²) in [5.74, 6) is 0. The van der Waals surface area contributed by atoms with Gasteiger partial charge < -0.3 is 86.2 Å². The van der Waals surface area contributed by atoms with Crippen LogP contribution in [0.25, 0.3) is 0 Å². The second kappa shape index (κ2) is 5410000. The van der Waals surface area contributed by atoms with Gasteiger partial charge in [-0.2, -0.15) is 0 Å². The second-order valence-electron chi connectivity index (χ2n) is 0. The first-order valence-corrected chi connectivity index (χ1v) is 0. The van der Waals surface area contributed by atoms with E-state index in [0.717, 1.165) is 0 Å². The molecule has 0 atom stereocenters. The van der Waals surface area contributed by atoms with E-state index in [-0.39, 0.29) is 106 Å². The summed E-state index contributed by atoms with van der Waals surface area (Å²) in [5, 5.41) is 0. The van der Waals surface area contributed by atoms with Crippen molar-refractivity contribution in [3.63, 3.8) is 0 Å². The standard InChI is InChI=1S/6H3N.9H2O.Ru/h6*1H3;9*1H2;/q;;;;;;;;;;;;;;;+3/p-3. The van der Waals surface area contributed by atoms with Gasteiger partial charge in [0.1, 0.15) is 0 Å². The van der Waals surface area contributed by atoms with Crippen LogP contribution in [0, 0.1) is 0 Å². The van der Waals surface area contributed by atoms with Crippen LogP contribution in [-0.2, 0) is 19.5 Å². The quantitative estimate of drug-likeness (QED) is 0.328. The van der Waals surface area contributed by atoms with Crippen LogP contribution in [0.3, 0.4) is 0 Å². The minimum Gasteiger partial charge on any atom is -0.870 e. The summed E-state index contributed by atoms with van der Waals surface area (Å²) in [6.45, 7) is 0. The summed E-state index contributed by atoms with van der Waals surface area (Å²) in [6.07, 6.45) is 0. The Morgan fingerprint density at radius 3 is 0.188 bits per heavy atom. The summed E-state index contributed by atoms with van der Waals surface area (Å²) in [5.41, 5.74) is 0. The second-order valence-corrected chi connectivity index (χ2v) is 0. The molecule has 0 rings (SSSR count). The molecule has 0 aliphatic rings. The maximum atomic E-state index is 0. The fraction of sp³-hybridized carbons (Fsp3) is 0. The Kier molecular flexibility index (Phi) is 2240000000000. The van der Waals surface area contributed by atoms with Gasteiger partial charge in [0.25, 0.3) is 0 Å². The molecule has 0 saturated heterocycles. The molecule has 0 aromatic heterocycles. The topological polar surface area (TPSA) is 489 Å². The fourth-order valence-electron chi connectivity index (χ4n) is 0. The predicted octanol–water partition coefficient (Wildman–Crippen LogP) is 0.663. The van der Waals surface area contributed by atoms with Gasteiger partial charge in [-0.15, -0.1) is 0 Å². The average molecular weight is 362 g/mol. The van der Waals surface area contributed by atoms with E-state index in [0.29, 0.717) is 0 Å². The number of rotatable bonds is 0. The molecule has 16 heavy (non-hydrogen) atoms. The van der Waals surface area contributed by atoms with Gasteiger partial charge in [-0.05, 0) is 0 Å². The number of hydrogen-bond acceptors (Lipinski definition) is 9. The Hall–Kier alpha value is 0.0234. The van der Waals surface area contributed by atoms with Gasteiger partial charge in [0, 0.05) is 0 Å². The third-order valence-corrected chi connectivity index (χ3v) is 0. The van der Waals surface area contributed by atoms with E-state index in [2.05, 4.69) is 0 Å². The maximum absolute atomic E-state index is 0. The van der Waals surface area contributed by atoms with Crippen LogP contribution >= 0.6 is 0 Å². The molecule has 125 valence electrons. The SMILES string of the molecule is [NH4+].[NH4+].[NH4+].[NH4+].[NH4+].[NH4+].[OH-].[OH-].[OH-].[OH-].[OH-].[OH-].[OH-].[OH-].[OH-].[Ru+3]. The molecule has 0 bridgehead atoms. The van der Waals surface area contributed by atoms with Crippen molar-refractivity contribution >= 4 is 0 Å². The van der Waals surface area contributed by atoms with Crippen LogP contribution in [0.1, 0.15) is 0 Å². The molecule has 15 nitrogen and oxygen atoms in total. The van der Waals surface area contributed by atoms with E-state index in [1.54, 1.807) is 0 Å². The van der Waals surface area contributed by atoms with E-state index in [4.69, 9.17) is 0 Å². The molecule has 0 amide bonds. The molecule has 0 unspecified atom stereocenters. The Bertz CT molecular complexity index is 20.0. The summed E-state index contributed by atoms with van der Waals surface area (Å²) in [6, 6.07) is 0. The smallest absolute Gasteiger partial charge is 0.870 e. The van der Waals surface area contributed by atoms with E-state index in [1.807, 2.05) is 0 Å². The molecule has 0 aromatic rings. The van der Waals surface area contributed by atoms with Crippen LogP contribution in [0.2, 0.25) is 0 Å². The van der Waals surface area contributed by atoms with Gasteiger partial charge >= 0.3 is 19.5 Å². The monoisotopic (exact) mass is 363 g/mol. The average Bonchev–Trinajstić information content (AvgIpc) is 0. The van der Waals surface area contributed by atoms with Crippen LogP contribution in [0.4, 0.5) is 0 Å². The molecule has 0 heterocycles. The van der Waals surface area contributed by atoms with E-state index in [1.165, 1.54) is 0 Å². The minimum atomic E-state index is 0. The predicted molar refractivity (Wildman–Crippen MR) is 53.3 cm³/mol. The molecule has 0 saturated carbocycles. The van der Waals surface area contributed by atoms with Gasteiger partial charge in [-0.25, -0.2) is 0 Å². The number of quaternary nitrogens is 6. The van der Waals surface area contributed by atoms with Gasteiger partial charge in [0.2, 0.25) is 0 Å². The Balaban J connectivity index is 0. The largest absolute Gasteiger partial charge is 3.00 e. The molecular weight excluding hydrogens is 329 g/mol. The normalized spacial score (nSPS) is 0. The first-order valence-electron chi connectivity index (χ1n) is 0. The Morgan fingerprint density at radius 2 is 0.188 bits per heavy atom. The molecule has 16 heteroatoms. The molecule has 0 aliphatic heterocycles. The van der Waals surface area contributed by atoms with E-state index in [9.17, 15) is 0 Å². The molecular formula is H33N6O9Ru. The summed E-state index contributed by atoms with van der Waals surface area (Å²) in [4.78, 5) is 0. The van der Waals surface area contributed by atoms with Crippen LogP contribution in [0.5, 0.6) is 0 Å². The third-order valence-electron chi connectivity index (χ3n) is 0. The zero-order chi connectivity index (χ0) is 0. The van der Waals surface area contributed by atoms with E-state index < -0.39 is 0 Å². The molecule has 0 spiro atoms. The van der Waals surface area contributed by atoms with Crippen LogP contribution in [-0.4, -0.2) is 49.3 Å². The molecule has 33 N–H and O–H groups in total. The zero-order valence-electron chi connectivity index (χ0n) is 10.4. The minimum absolute atomic E-state index is 0.